The van der Waals surface area contributed by atoms with Crippen LogP contribution >= 0.6 is 24.0 Å². The average Bonchev–Trinajstić information content (AvgIpc) is 3.20. The van der Waals surface area contributed by atoms with Crippen molar-refractivity contribution in [2.45, 2.75) is 31.8 Å². The van der Waals surface area contributed by atoms with E-state index in [-0.39, 0.29) is 35.9 Å². The third-order valence-electron chi connectivity index (χ3n) is 5.00. The molecule has 1 amide bonds. The smallest absolute Gasteiger partial charge is 0.239 e. The fraction of sp³-hybridized carbons (Fsp3) is 0.545. The maximum atomic E-state index is 12.3. The van der Waals surface area contributed by atoms with Crippen LogP contribution in [0.3, 0.4) is 0 Å². The zero-order valence-electron chi connectivity index (χ0n) is 18.4. The number of nitrogens with zero attached hydrogens (tertiary/aromatic N) is 3. The number of para-hydroxylation sites is 1. The van der Waals surface area contributed by atoms with E-state index in [0.29, 0.717) is 13.2 Å². The number of carbonyl (C=O) groups excluding carboxylic acids is 1. The predicted octanol–water partition coefficient (Wildman–Crippen LogP) is 2.48. The molecule has 1 unspecified atom stereocenters. The van der Waals surface area contributed by atoms with E-state index in [4.69, 9.17) is 4.74 Å². The van der Waals surface area contributed by atoms with Crippen molar-refractivity contribution in [3.8, 4) is 5.75 Å². The maximum absolute atomic E-state index is 12.3. The Morgan fingerprint density at radius 2 is 2.13 bits per heavy atom. The molecular formula is C22H36IN5O2. The number of rotatable bonds is 10. The Morgan fingerprint density at radius 1 is 1.37 bits per heavy atom. The van der Waals surface area contributed by atoms with Crippen molar-refractivity contribution in [2.24, 2.45) is 4.99 Å². The number of ether oxygens (including phenoxy) is 1. The Labute approximate surface area is 198 Å². The number of aliphatic imine (C=N–C) groups is 1. The highest BCUT2D eigenvalue weighted by atomic mass is 127. The van der Waals surface area contributed by atoms with Crippen LogP contribution in [0.1, 0.15) is 24.8 Å². The lowest BCUT2D eigenvalue weighted by Crippen LogP contribution is -2.44. The first kappa shape index (κ1) is 26.2. The zero-order valence-corrected chi connectivity index (χ0v) is 20.7. The van der Waals surface area contributed by atoms with Gasteiger partial charge in [0.05, 0.1) is 6.04 Å². The molecule has 8 heteroatoms. The summed E-state index contributed by atoms with van der Waals surface area (Å²) in [7, 11) is 5.43. The molecule has 1 aliphatic rings. The molecule has 1 aromatic rings. The Balaban J connectivity index is 0.00000450. The van der Waals surface area contributed by atoms with E-state index >= 15 is 0 Å². The van der Waals surface area contributed by atoms with Crippen LogP contribution < -0.4 is 15.4 Å². The Morgan fingerprint density at radius 3 is 2.83 bits per heavy atom. The molecule has 1 fully saturated rings. The second-order valence-corrected chi connectivity index (χ2v) is 7.34. The standard InChI is InChI=1S/C22H35N5O2.HI/c1-5-16-29-20-12-7-6-10-18(20)17-25-22(23-2)24-13-9-15-27-14-8-11-19(27)21(28)26(3)4;/h5-7,10,12,19H,1,8-9,11,13-17H2,2-4H3,(H2,23,24,25);1H. The summed E-state index contributed by atoms with van der Waals surface area (Å²) in [5, 5.41) is 6.68. The van der Waals surface area contributed by atoms with Gasteiger partial charge in [0, 0.05) is 46.3 Å². The van der Waals surface area contributed by atoms with Crippen LogP contribution in [0, 0.1) is 0 Å². The first-order chi connectivity index (χ1) is 14.1. The van der Waals surface area contributed by atoms with Crippen molar-refractivity contribution in [2.75, 3.05) is 47.4 Å². The molecule has 0 aromatic heterocycles. The Bertz CT molecular complexity index is 696. The summed E-state index contributed by atoms with van der Waals surface area (Å²) in [4.78, 5) is 20.6. The van der Waals surface area contributed by atoms with Gasteiger partial charge in [0.2, 0.25) is 5.91 Å². The summed E-state index contributed by atoms with van der Waals surface area (Å²) in [6.45, 7) is 7.51. The molecule has 0 saturated carbocycles. The van der Waals surface area contributed by atoms with Crippen molar-refractivity contribution in [3.63, 3.8) is 0 Å². The van der Waals surface area contributed by atoms with Crippen LogP contribution in [0.15, 0.2) is 41.9 Å². The van der Waals surface area contributed by atoms with Gasteiger partial charge in [-0.15, -0.1) is 24.0 Å². The van der Waals surface area contributed by atoms with Gasteiger partial charge in [0.1, 0.15) is 12.4 Å². The minimum absolute atomic E-state index is 0. The number of halogens is 1. The quantitative estimate of drug-likeness (QED) is 0.160. The lowest BCUT2D eigenvalue weighted by atomic mass is 10.2. The highest BCUT2D eigenvalue weighted by Crippen LogP contribution is 2.19. The second-order valence-electron chi connectivity index (χ2n) is 7.34. The first-order valence-electron chi connectivity index (χ1n) is 10.3. The number of nitrogens with one attached hydrogen (secondary N) is 2. The lowest BCUT2D eigenvalue weighted by molar-refractivity contribution is -0.133. The van der Waals surface area contributed by atoms with Gasteiger partial charge in [-0.25, -0.2) is 0 Å². The molecule has 0 aliphatic carbocycles. The largest absolute Gasteiger partial charge is 0.489 e. The maximum Gasteiger partial charge on any atom is 0.239 e. The topological polar surface area (TPSA) is 69.2 Å². The molecule has 1 aliphatic heterocycles. The SMILES string of the molecule is C=CCOc1ccccc1CNC(=NC)NCCCN1CCCC1C(=O)N(C)C.I. The van der Waals surface area contributed by atoms with Gasteiger partial charge in [0.15, 0.2) is 5.96 Å². The first-order valence-corrected chi connectivity index (χ1v) is 10.3. The van der Waals surface area contributed by atoms with Gasteiger partial charge in [-0.1, -0.05) is 30.9 Å². The average molecular weight is 529 g/mol. The molecule has 30 heavy (non-hydrogen) atoms. The van der Waals surface area contributed by atoms with Crippen molar-refractivity contribution in [3.05, 3.63) is 42.5 Å². The van der Waals surface area contributed by atoms with Gasteiger partial charge in [-0.3, -0.25) is 14.7 Å². The number of carbonyl (C=O) groups is 1. The molecule has 168 valence electrons. The molecule has 1 aromatic carbocycles. The van der Waals surface area contributed by atoms with E-state index in [9.17, 15) is 4.79 Å². The minimum atomic E-state index is 0. The van der Waals surface area contributed by atoms with Crippen LogP contribution in [0.5, 0.6) is 5.75 Å². The van der Waals surface area contributed by atoms with E-state index < -0.39 is 0 Å². The number of benzene rings is 1. The summed E-state index contributed by atoms with van der Waals surface area (Å²) in [5.74, 6) is 1.82. The monoisotopic (exact) mass is 529 g/mol. The normalized spacial score (nSPS) is 16.5. The van der Waals surface area contributed by atoms with Crippen molar-refractivity contribution in [1.29, 1.82) is 0 Å². The fourth-order valence-corrected chi connectivity index (χ4v) is 3.50. The number of amides is 1. The molecule has 1 heterocycles. The number of hydrogen-bond acceptors (Lipinski definition) is 4. The lowest BCUT2D eigenvalue weighted by Gasteiger charge is -2.26. The number of likely N-dealkylation sites (N-methyl/N-ethyl adjacent to an activating group) is 1. The Kier molecular flexibility index (Phi) is 12.4. The van der Waals surface area contributed by atoms with Gasteiger partial charge < -0.3 is 20.3 Å². The molecular weight excluding hydrogens is 493 g/mol. The van der Waals surface area contributed by atoms with E-state index in [2.05, 4.69) is 27.1 Å². The van der Waals surface area contributed by atoms with Crippen LogP contribution in [-0.4, -0.2) is 75.1 Å². The highest BCUT2D eigenvalue weighted by molar-refractivity contribution is 14.0. The van der Waals surface area contributed by atoms with E-state index in [1.165, 1.54) is 0 Å². The van der Waals surface area contributed by atoms with Crippen molar-refractivity contribution in [1.82, 2.24) is 20.4 Å². The third-order valence-corrected chi connectivity index (χ3v) is 5.00. The van der Waals surface area contributed by atoms with Gasteiger partial charge >= 0.3 is 0 Å². The minimum Gasteiger partial charge on any atom is -0.489 e. The predicted molar refractivity (Wildman–Crippen MR) is 134 cm³/mol. The van der Waals surface area contributed by atoms with Crippen molar-refractivity contribution >= 4 is 35.8 Å². The number of guanidine groups is 1. The number of hydrogen-bond donors (Lipinski definition) is 2. The molecule has 2 N–H and O–H groups in total. The van der Waals surface area contributed by atoms with E-state index in [1.807, 2.05) is 38.4 Å². The van der Waals surface area contributed by atoms with Crippen LogP contribution in [0.25, 0.3) is 0 Å². The summed E-state index contributed by atoms with van der Waals surface area (Å²) < 4.78 is 5.70. The number of likely N-dealkylation sites (tertiary alicyclic amines) is 1. The van der Waals surface area contributed by atoms with E-state index in [1.54, 1.807) is 18.0 Å². The van der Waals surface area contributed by atoms with Gasteiger partial charge in [0.25, 0.3) is 0 Å². The molecule has 2 rings (SSSR count). The summed E-state index contributed by atoms with van der Waals surface area (Å²) in [6.07, 6.45) is 4.74. The van der Waals surface area contributed by atoms with Gasteiger partial charge in [-0.2, -0.15) is 0 Å². The van der Waals surface area contributed by atoms with Gasteiger partial charge in [-0.05, 0) is 31.9 Å². The summed E-state index contributed by atoms with van der Waals surface area (Å²) in [6, 6.07) is 7.98. The van der Waals surface area contributed by atoms with E-state index in [0.717, 1.165) is 56.2 Å². The molecule has 0 spiro atoms. The molecule has 1 saturated heterocycles. The zero-order chi connectivity index (χ0) is 21.1. The third kappa shape index (κ3) is 8.14. The Hall–Kier alpha value is -1.81. The molecule has 0 radical (unpaired) electrons. The molecule has 0 bridgehead atoms. The van der Waals surface area contributed by atoms with Crippen LogP contribution in [-0.2, 0) is 11.3 Å². The summed E-state index contributed by atoms with van der Waals surface area (Å²) >= 11 is 0. The van der Waals surface area contributed by atoms with Crippen molar-refractivity contribution < 1.29 is 9.53 Å². The highest BCUT2D eigenvalue weighted by Gasteiger charge is 2.30. The second kappa shape index (κ2) is 14.2. The molecule has 1 atom stereocenters. The van der Waals surface area contributed by atoms with Crippen LogP contribution in [0.4, 0.5) is 0 Å². The summed E-state index contributed by atoms with van der Waals surface area (Å²) in [5.41, 5.74) is 1.07. The fourth-order valence-electron chi connectivity index (χ4n) is 3.50. The van der Waals surface area contributed by atoms with Crippen LogP contribution in [0.2, 0.25) is 0 Å². The molecule has 7 nitrogen and oxygen atoms in total.